The van der Waals surface area contributed by atoms with Gasteiger partial charge in [0.2, 0.25) is 0 Å². The Morgan fingerprint density at radius 2 is 1.02 bits per heavy atom. The number of ketones is 2. The molecule has 1 aliphatic heterocycles. The molecule has 0 spiro atoms. The summed E-state index contributed by atoms with van der Waals surface area (Å²) in [5.74, 6) is -2.79. The van der Waals surface area contributed by atoms with Gasteiger partial charge in [0.05, 0.1) is 42.2 Å². The Balaban J connectivity index is 1.24. The molecule has 0 aliphatic carbocycles. The van der Waals surface area contributed by atoms with Gasteiger partial charge in [0.15, 0.2) is 24.8 Å². The van der Waals surface area contributed by atoms with Crippen LogP contribution in [0.3, 0.4) is 0 Å². The Kier molecular flexibility index (Phi) is 8.80. The number of carbonyl (C=O) groups excluding carboxylic acids is 6. The number of Topliss-reactive ketones (excluding diaryl/α,β-unsaturated/α-hetero) is 2. The van der Waals surface area contributed by atoms with Gasteiger partial charge in [-0.15, -0.1) is 0 Å². The van der Waals surface area contributed by atoms with Gasteiger partial charge in [0.25, 0.3) is 11.8 Å². The van der Waals surface area contributed by atoms with Crippen molar-refractivity contribution in [3.63, 3.8) is 0 Å². The van der Waals surface area contributed by atoms with Gasteiger partial charge in [0, 0.05) is 11.1 Å². The minimum atomic E-state index is -0.854. The van der Waals surface area contributed by atoms with E-state index in [2.05, 4.69) is 0 Å². The number of hydrogen-bond donors (Lipinski definition) is 0. The van der Waals surface area contributed by atoms with Crippen molar-refractivity contribution in [2.24, 2.45) is 0 Å². The maximum absolute atomic E-state index is 13.3. The van der Waals surface area contributed by atoms with Crippen LogP contribution in [0.4, 0.5) is 5.69 Å². The first-order chi connectivity index (χ1) is 21.7. The first-order valence-electron chi connectivity index (χ1n) is 13.5. The molecule has 2 amide bonds. The fourth-order valence-electron chi connectivity index (χ4n) is 4.52. The number of nitrogens with zero attached hydrogens (tertiary/aromatic N) is 1. The largest absolute Gasteiger partial charge is 0.497 e. The number of amides is 2. The average Bonchev–Trinajstić information content (AvgIpc) is 3.34. The Morgan fingerprint density at radius 1 is 0.556 bits per heavy atom. The van der Waals surface area contributed by atoms with Crippen LogP contribution < -0.4 is 14.4 Å². The monoisotopic (exact) mass is 607 g/mol. The maximum Gasteiger partial charge on any atom is 0.338 e. The minimum absolute atomic E-state index is 0.0115. The summed E-state index contributed by atoms with van der Waals surface area (Å²) in [5, 5.41) is 0. The molecule has 1 aliphatic rings. The first-order valence-corrected chi connectivity index (χ1v) is 13.5. The van der Waals surface area contributed by atoms with Crippen LogP contribution in [0.2, 0.25) is 0 Å². The van der Waals surface area contributed by atoms with Crippen molar-refractivity contribution >= 4 is 41.0 Å². The lowest BCUT2D eigenvalue weighted by Crippen LogP contribution is -2.29. The molecule has 226 valence electrons. The fourth-order valence-corrected chi connectivity index (χ4v) is 4.52. The molecular weight excluding hydrogens is 582 g/mol. The molecule has 11 heteroatoms. The van der Waals surface area contributed by atoms with E-state index >= 15 is 0 Å². The first kappa shape index (κ1) is 30.4. The maximum atomic E-state index is 13.3. The number of methoxy groups -OCH3 is 2. The quantitative estimate of drug-likeness (QED) is 0.135. The Labute approximate surface area is 256 Å². The Hall–Kier alpha value is -6.10. The summed E-state index contributed by atoms with van der Waals surface area (Å²) in [4.78, 5) is 77.6. The lowest BCUT2D eigenvalue weighted by Gasteiger charge is -2.14. The van der Waals surface area contributed by atoms with E-state index in [4.69, 9.17) is 18.9 Å². The zero-order valence-corrected chi connectivity index (χ0v) is 24.1. The highest BCUT2D eigenvalue weighted by Crippen LogP contribution is 2.30. The Morgan fingerprint density at radius 3 is 1.53 bits per heavy atom. The van der Waals surface area contributed by atoms with E-state index < -0.39 is 48.5 Å². The molecular formula is C34H25NO10. The van der Waals surface area contributed by atoms with Gasteiger partial charge < -0.3 is 18.9 Å². The van der Waals surface area contributed by atoms with Crippen LogP contribution in [0.15, 0.2) is 91.0 Å². The highest BCUT2D eigenvalue weighted by molar-refractivity contribution is 6.34. The molecule has 1 heterocycles. The van der Waals surface area contributed by atoms with Crippen LogP contribution in [0.25, 0.3) is 0 Å². The molecule has 11 nitrogen and oxygen atoms in total. The third kappa shape index (κ3) is 6.47. The molecule has 4 aromatic rings. The van der Waals surface area contributed by atoms with Crippen LogP contribution in [0.5, 0.6) is 11.5 Å². The molecule has 0 aromatic heterocycles. The predicted molar refractivity (Wildman–Crippen MR) is 159 cm³/mol. The molecule has 0 saturated heterocycles. The average molecular weight is 608 g/mol. The molecule has 0 atom stereocenters. The van der Waals surface area contributed by atoms with E-state index in [1.807, 2.05) is 0 Å². The highest BCUT2D eigenvalue weighted by Gasteiger charge is 2.37. The Bertz CT molecular complexity index is 1830. The lowest BCUT2D eigenvalue weighted by atomic mass is 10.1. The SMILES string of the molecule is COc1ccc(C(=O)COC(=O)c2cccc(N3C(=O)c4ccc(C(=O)OCC(=O)c5ccc(OC)cc5)cc4C3=O)c2)cc1. The van der Waals surface area contributed by atoms with Crippen molar-refractivity contribution in [3.05, 3.63) is 124 Å². The summed E-state index contributed by atoms with van der Waals surface area (Å²) >= 11 is 0. The number of hydrogen-bond acceptors (Lipinski definition) is 10. The number of ether oxygens (including phenoxy) is 4. The molecule has 0 unspecified atom stereocenters. The summed E-state index contributed by atoms with van der Waals surface area (Å²) in [6, 6.07) is 22.1. The zero-order chi connectivity index (χ0) is 32.1. The lowest BCUT2D eigenvalue weighted by molar-refractivity contribution is 0.0472. The molecule has 5 rings (SSSR count). The number of anilines is 1. The van der Waals surface area contributed by atoms with Gasteiger partial charge in [-0.3, -0.25) is 19.2 Å². The van der Waals surface area contributed by atoms with E-state index in [9.17, 15) is 28.8 Å². The highest BCUT2D eigenvalue weighted by atomic mass is 16.5. The standard InChI is InChI=1S/C34H25NO10/c1-42-25-11-6-20(7-12-25)29(36)18-44-33(40)22-4-3-5-24(16-22)35-31(38)27-15-10-23(17-28(27)32(35)39)34(41)45-19-30(37)21-8-13-26(43-2)14-9-21/h3-17H,18-19H2,1-2H3. The van der Waals surface area contributed by atoms with E-state index in [-0.39, 0.29) is 27.9 Å². The predicted octanol–water partition coefficient (Wildman–Crippen LogP) is 4.58. The van der Waals surface area contributed by atoms with Crippen molar-refractivity contribution < 1.29 is 47.7 Å². The molecule has 0 N–H and O–H groups in total. The molecule has 4 aromatic carbocycles. The smallest absolute Gasteiger partial charge is 0.338 e. The van der Waals surface area contributed by atoms with Crippen LogP contribution in [0, 0.1) is 0 Å². The zero-order valence-electron chi connectivity index (χ0n) is 24.1. The third-order valence-electron chi connectivity index (χ3n) is 6.96. The number of carbonyl (C=O) groups is 6. The number of esters is 2. The topological polar surface area (TPSA) is 143 Å². The van der Waals surface area contributed by atoms with Crippen LogP contribution >= 0.6 is 0 Å². The van der Waals surface area contributed by atoms with Gasteiger partial charge >= 0.3 is 11.9 Å². The van der Waals surface area contributed by atoms with Crippen LogP contribution in [0.1, 0.15) is 62.1 Å². The van der Waals surface area contributed by atoms with Gasteiger partial charge in [-0.2, -0.15) is 0 Å². The summed E-state index contributed by atoms with van der Waals surface area (Å²) in [7, 11) is 3.00. The summed E-state index contributed by atoms with van der Waals surface area (Å²) in [6.07, 6.45) is 0. The second-order valence-electron chi connectivity index (χ2n) is 9.71. The summed E-state index contributed by atoms with van der Waals surface area (Å²) in [5.41, 5.74) is 0.721. The molecule has 45 heavy (non-hydrogen) atoms. The number of benzene rings is 4. The van der Waals surface area contributed by atoms with E-state index in [0.717, 1.165) is 4.90 Å². The number of imide groups is 1. The molecule has 0 radical (unpaired) electrons. The van der Waals surface area contributed by atoms with Crippen LogP contribution in [-0.4, -0.2) is 62.8 Å². The van der Waals surface area contributed by atoms with Crippen LogP contribution in [-0.2, 0) is 9.47 Å². The third-order valence-corrected chi connectivity index (χ3v) is 6.96. The van der Waals surface area contributed by atoms with E-state index in [1.165, 1.54) is 56.7 Å². The molecule has 0 saturated carbocycles. The van der Waals surface area contributed by atoms with Crippen molar-refractivity contribution in [1.82, 2.24) is 0 Å². The fraction of sp³-hybridized carbons (Fsp3) is 0.118. The number of rotatable bonds is 11. The van der Waals surface area contributed by atoms with Crippen molar-refractivity contribution in [1.29, 1.82) is 0 Å². The van der Waals surface area contributed by atoms with Gasteiger partial charge in [0.1, 0.15) is 11.5 Å². The molecule has 0 fully saturated rings. The summed E-state index contributed by atoms with van der Waals surface area (Å²) < 4.78 is 20.4. The second kappa shape index (κ2) is 13.0. The van der Waals surface area contributed by atoms with Gasteiger partial charge in [-0.25, -0.2) is 14.5 Å². The normalized spacial score (nSPS) is 11.9. The number of fused-ring (bicyclic) bond motifs is 1. The minimum Gasteiger partial charge on any atom is -0.497 e. The van der Waals surface area contributed by atoms with Gasteiger partial charge in [-0.1, -0.05) is 6.07 Å². The molecule has 0 bridgehead atoms. The summed E-state index contributed by atoms with van der Waals surface area (Å²) in [6.45, 7) is -1.05. The van der Waals surface area contributed by atoms with Crippen molar-refractivity contribution in [2.75, 3.05) is 32.3 Å². The van der Waals surface area contributed by atoms with Crippen molar-refractivity contribution in [2.45, 2.75) is 0 Å². The van der Waals surface area contributed by atoms with E-state index in [1.54, 1.807) is 48.5 Å². The second-order valence-corrected chi connectivity index (χ2v) is 9.71. The van der Waals surface area contributed by atoms with E-state index in [0.29, 0.717) is 22.6 Å². The van der Waals surface area contributed by atoms with Crippen molar-refractivity contribution in [3.8, 4) is 11.5 Å². The van der Waals surface area contributed by atoms with Gasteiger partial charge in [-0.05, 0) is 84.9 Å².